The van der Waals surface area contributed by atoms with E-state index in [9.17, 15) is 9.59 Å². The van der Waals surface area contributed by atoms with Crippen molar-refractivity contribution < 1.29 is 9.90 Å². The second-order valence-corrected chi connectivity index (χ2v) is 4.56. The van der Waals surface area contributed by atoms with Crippen molar-refractivity contribution >= 4 is 5.91 Å². The number of pyridine rings is 1. The zero-order valence-electron chi connectivity index (χ0n) is 11.1. The minimum atomic E-state index is -0.384. The molecular weight excluding hydrogens is 256 g/mol. The number of carbonyl (C=O) groups excluding carboxylic acids is 1. The minimum Gasteiger partial charge on any atom is -0.508 e. The first-order valence-corrected chi connectivity index (χ1v) is 6.32. The fourth-order valence-corrected chi connectivity index (χ4v) is 1.83. The predicted molar refractivity (Wildman–Crippen MR) is 75.9 cm³/mol. The van der Waals surface area contributed by atoms with Gasteiger partial charge in [-0.25, -0.2) is 0 Å². The molecule has 1 heterocycles. The van der Waals surface area contributed by atoms with Crippen molar-refractivity contribution in [1.29, 1.82) is 0 Å². The fraction of sp³-hybridized carbons (Fsp3) is 0.200. The molecule has 1 amide bonds. The molecule has 3 N–H and O–H groups in total. The number of carbonyl (C=O) groups is 1. The molecule has 0 aliphatic rings. The van der Waals surface area contributed by atoms with E-state index in [4.69, 9.17) is 5.11 Å². The van der Waals surface area contributed by atoms with Crippen molar-refractivity contribution in [3.05, 3.63) is 63.6 Å². The van der Waals surface area contributed by atoms with E-state index in [1.807, 2.05) is 0 Å². The zero-order chi connectivity index (χ0) is 14.5. The third-order valence-electron chi connectivity index (χ3n) is 2.94. The molecule has 0 fully saturated rings. The molecule has 20 heavy (non-hydrogen) atoms. The normalized spacial score (nSPS) is 10.2. The van der Waals surface area contributed by atoms with Crippen LogP contribution in [-0.2, 0) is 6.42 Å². The average molecular weight is 272 g/mol. The van der Waals surface area contributed by atoms with Gasteiger partial charge in [0.05, 0.1) is 0 Å². The predicted octanol–water partition coefficient (Wildman–Crippen LogP) is 1.36. The summed E-state index contributed by atoms with van der Waals surface area (Å²) in [5.74, 6) is -0.172. The molecule has 0 aliphatic heterocycles. The van der Waals surface area contributed by atoms with Crippen molar-refractivity contribution in [2.45, 2.75) is 13.3 Å². The maximum absolute atomic E-state index is 11.9. The first kappa shape index (κ1) is 13.9. The van der Waals surface area contributed by atoms with E-state index in [0.29, 0.717) is 13.0 Å². The molecule has 5 heteroatoms. The van der Waals surface area contributed by atoms with E-state index in [2.05, 4.69) is 10.3 Å². The molecule has 2 aromatic rings. The van der Waals surface area contributed by atoms with Gasteiger partial charge < -0.3 is 15.4 Å². The highest BCUT2D eigenvalue weighted by atomic mass is 16.3. The molecule has 0 radical (unpaired) electrons. The van der Waals surface area contributed by atoms with Crippen molar-refractivity contribution in [2.75, 3.05) is 6.54 Å². The summed E-state index contributed by atoms with van der Waals surface area (Å²) in [6, 6.07) is 9.99. The molecule has 104 valence electrons. The van der Waals surface area contributed by atoms with Gasteiger partial charge in [-0.3, -0.25) is 9.59 Å². The standard InChI is InChI=1S/C15H16N2O3/c1-10-2-7-13(15(20)17-10)14(19)16-9-8-11-3-5-12(18)6-4-11/h2-7,18H,8-9H2,1H3,(H,16,19)(H,17,20). The lowest BCUT2D eigenvalue weighted by atomic mass is 10.1. The number of phenols is 1. The van der Waals surface area contributed by atoms with Crippen LogP contribution < -0.4 is 10.9 Å². The number of nitrogens with one attached hydrogen (secondary N) is 2. The van der Waals surface area contributed by atoms with Gasteiger partial charge in [-0.05, 0) is 43.2 Å². The third-order valence-corrected chi connectivity index (χ3v) is 2.94. The van der Waals surface area contributed by atoms with E-state index >= 15 is 0 Å². The maximum Gasteiger partial charge on any atom is 0.260 e. The Labute approximate surface area is 116 Å². The van der Waals surface area contributed by atoms with Crippen molar-refractivity contribution in [1.82, 2.24) is 10.3 Å². The van der Waals surface area contributed by atoms with E-state index < -0.39 is 0 Å². The Morgan fingerprint density at radius 2 is 1.90 bits per heavy atom. The molecule has 0 bridgehead atoms. The molecule has 0 aliphatic carbocycles. The molecule has 0 spiro atoms. The van der Waals surface area contributed by atoms with E-state index in [1.165, 1.54) is 6.07 Å². The van der Waals surface area contributed by atoms with Crippen molar-refractivity contribution in [3.63, 3.8) is 0 Å². The summed E-state index contributed by atoms with van der Waals surface area (Å²) in [4.78, 5) is 26.0. The average Bonchev–Trinajstić information content (AvgIpc) is 2.41. The summed E-state index contributed by atoms with van der Waals surface area (Å²) in [6.07, 6.45) is 0.635. The summed E-state index contributed by atoms with van der Waals surface area (Å²) in [6.45, 7) is 2.19. The number of hydrogen-bond acceptors (Lipinski definition) is 3. The van der Waals surface area contributed by atoms with Crippen LogP contribution in [-0.4, -0.2) is 22.5 Å². The quantitative estimate of drug-likeness (QED) is 0.786. The highest BCUT2D eigenvalue weighted by Crippen LogP contribution is 2.09. The third kappa shape index (κ3) is 3.47. The van der Waals surface area contributed by atoms with Gasteiger partial charge in [0, 0.05) is 12.2 Å². The number of rotatable bonds is 4. The van der Waals surface area contributed by atoms with E-state index in [-0.39, 0.29) is 22.8 Å². The topological polar surface area (TPSA) is 82.2 Å². The molecule has 5 nitrogen and oxygen atoms in total. The number of aromatic hydroxyl groups is 1. The van der Waals surface area contributed by atoms with Gasteiger partial charge in [-0.15, -0.1) is 0 Å². The number of amides is 1. The van der Waals surface area contributed by atoms with Gasteiger partial charge in [0.25, 0.3) is 11.5 Å². The van der Waals surface area contributed by atoms with Crippen LogP contribution in [0.15, 0.2) is 41.2 Å². The monoisotopic (exact) mass is 272 g/mol. The van der Waals surface area contributed by atoms with E-state index in [1.54, 1.807) is 37.3 Å². The lowest BCUT2D eigenvalue weighted by molar-refractivity contribution is 0.0952. The van der Waals surface area contributed by atoms with Crippen LogP contribution in [0.1, 0.15) is 21.6 Å². The fourth-order valence-electron chi connectivity index (χ4n) is 1.83. The second kappa shape index (κ2) is 6.06. The van der Waals surface area contributed by atoms with Crippen LogP contribution >= 0.6 is 0 Å². The highest BCUT2D eigenvalue weighted by molar-refractivity contribution is 5.93. The molecule has 0 unspecified atom stereocenters. The number of hydrogen-bond donors (Lipinski definition) is 3. The smallest absolute Gasteiger partial charge is 0.260 e. The van der Waals surface area contributed by atoms with Gasteiger partial charge >= 0.3 is 0 Å². The summed E-state index contributed by atoms with van der Waals surface area (Å²) in [7, 11) is 0. The van der Waals surface area contributed by atoms with Gasteiger partial charge in [0.1, 0.15) is 11.3 Å². The number of H-pyrrole nitrogens is 1. The summed E-state index contributed by atoms with van der Waals surface area (Å²) >= 11 is 0. The number of aryl methyl sites for hydroxylation is 1. The molecule has 0 atom stereocenters. The van der Waals surface area contributed by atoms with Crippen LogP contribution in [0.25, 0.3) is 0 Å². The Morgan fingerprint density at radius 3 is 2.55 bits per heavy atom. The Balaban J connectivity index is 1.92. The lowest BCUT2D eigenvalue weighted by Crippen LogP contribution is -2.31. The summed E-state index contributed by atoms with van der Waals surface area (Å²) in [5.41, 5.74) is 1.45. The Bertz CT molecular complexity index is 660. The summed E-state index contributed by atoms with van der Waals surface area (Å²) < 4.78 is 0. The van der Waals surface area contributed by atoms with Gasteiger partial charge in [0.2, 0.25) is 0 Å². The van der Waals surface area contributed by atoms with Crippen LogP contribution in [0.2, 0.25) is 0 Å². The van der Waals surface area contributed by atoms with Gasteiger partial charge in [0.15, 0.2) is 0 Å². The number of phenolic OH excluding ortho intramolecular Hbond substituents is 1. The molecule has 2 rings (SSSR count). The zero-order valence-corrected chi connectivity index (χ0v) is 11.1. The van der Waals surface area contributed by atoms with Crippen LogP contribution in [0.3, 0.4) is 0 Å². The second-order valence-electron chi connectivity index (χ2n) is 4.56. The first-order valence-electron chi connectivity index (χ1n) is 6.32. The molecule has 1 aromatic carbocycles. The number of aromatic nitrogens is 1. The molecule has 0 saturated carbocycles. The maximum atomic E-state index is 11.9. The van der Waals surface area contributed by atoms with Crippen LogP contribution in [0.5, 0.6) is 5.75 Å². The number of benzene rings is 1. The Hall–Kier alpha value is -2.56. The molecule has 1 aromatic heterocycles. The van der Waals surface area contributed by atoms with E-state index in [0.717, 1.165) is 11.3 Å². The number of aromatic amines is 1. The van der Waals surface area contributed by atoms with Crippen molar-refractivity contribution in [2.24, 2.45) is 0 Å². The Kier molecular flexibility index (Phi) is 4.20. The first-order chi connectivity index (χ1) is 9.56. The van der Waals surface area contributed by atoms with Gasteiger partial charge in [-0.1, -0.05) is 12.1 Å². The Morgan fingerprint density at radius 1 is 1.20 bits per heavy atom. The largest absolute Gasteiger partial charge is 0.508 e. The molecule has 0 saturated heterocycles. The SMILES string of the molecule is Cc1ccc(C(=O)NCCc2ccc(O)cc2)c(=O)[nH]1. The highest BCUT2D eigenvalue weighted by Gasteiger charge is 2.09. The van der Waals surface area contributed by atoms with Crippen LogP contribution in [0.4, 0.5) is 0 Å². The van der Waals surface area contributed by atoms with Crippen LogP contribution in [0, 0.1) is 6.92 Å². The minimum absolute atomic E-state index is 0.112. The van der Waals surface area contributed by atoms with Gasteiger partial charge in [-0.2, -0.15) is 0 Å². The van der Waals surface area contributed by atoms with Crippen molar-refractivity contribution in [3.8, 4) is 5.75 Å². The molecular formula is C15H16N2O3. The summed E-state index contributed by atoms with van der Waals surface area (Å²) in [5, 5.41) is 11.9. The lowest BCUT2D eigenvalue weighted by Gasteiger charge is -2.05.